The van der Waals surface area contributed by atoms with Crippen molar-refractivity contribution >= 4 is 11.7 Å². The average molecular weight is 209 g/mol. The minimum atomic E-state index is -0.844. The summed E-state index contributed by atoms with van der Waals surface area (Å²) in [5.74, 6) is 0.0740. The molecule has 1 aromatic heterocycles. The molecule has 0 aliphatic rings. The number of rotatable bonds is 3. The van der Waals surface area contributed by atoms with Gasteiger partial charge in [0.05, 0.1) is 24.7 Å². The topological polar surface area (TPSA) is 78.1 Å². The van der Waals surface area contributed by atoms with E-state index in [0.717, 1.165) is 0 Å². The van der Waals surface area contributed by atoms with Crippen LogP contribution in [0.25, 0.3) is 0 Å². The first-order valence-electron chi connectivity index (χ1n) is 4.73. The third-order valence-electron chi connectivity index (χ3n) is 2.02. The molecule has 15 heavy (non-hydrogen) atoms. The SMILES string of the molecule is CCOC(=O)C(C)(C)c1ncc(N)cn1. The highest BCUT2D eigenvalue weighted by atomic mass is 16.5. The standard InChI is InChI=1S/C10H15N3O2/c1-4-15-9(14)10(2,3)8-12-5-7(11)6-13-8/h5-6H,4,11H2,1-3H3. The van der Waals surface area contributed by atoms with Crippen LogP contribution in [0.2, 0.25) is 0 Å². The van der Waals surface area contributed by atoms with Crippen molar-refractivity contribution in [3.8, 4) is 0 Å². The van der Waals surface area contributed by atoms with Gasteiger partial charge >= 0.3 is 5.97 Å². The Morgan fingerprint density at radius 2 is 2.00 bits per heavy atom. The molecule has 0 aromatic carbocycles. The van der Waals surface area contributed by atoms with Crippen molar-refractivity contribution in [2.75, 3.05) is 12.3 Å². The molecule has 1 rings (SSSR count). The van der Waals surface area contributed by atoms with E-state index in [2.05, 4.69) is 9.97 Å². The largest absolute Gasteiger partial charge is 0.465 e. The molecule has 1 aromatic rings. The van der Waals surface area contributed by atoms with Crippen LogP contribution < -0.4 is 5.73 Å². The molecule has 0 spiro atoms. The number of carbonyl (C=O) groups excluding carboxylic acids is 1. The molecular weight excluding hydrogens is 194 g/mol. The van der Waals surface area contributed by atoms with Crippen molar-refractivity contribution in [3.63, 3.8) is 0 Å². The number of hydrogen-bond donors (Lipinski definition) is 1. The predicted octanol–water partition coefficient (Wildman–Crippen LogP) is 0.899. The minimum absolute atomic E-state index is 0.338. The van der Waals surface area contributed by atoms with E-state index in [9.17, 15) is 4.79 Å². The molecule has 0 aliphatic carbocycles. The van der Waals surface area contributed by atoms with E-state index in [0.29, 0.717) is 18.1 Å². The van der Waals surface area contributed by atoms with Gasteiger partial charge in [0.25, 0.3) is 0 Å². The highest BCUT2D eigenvalue weighted by Gasteiger charge is 2.34. The Kier molecular flexibility index (Phi) is 3.24. The van der Waals surface area contributed by atoms with Crippen LogP contribution in [0.15, 0.2) is 12.4 Å². The van der Waals surface area contributed by atoms with Crippen molar-refractivity contribution in [2.24, 2.45) is 0 Å². The zero-order valence-electron chi connectivity index (χ0n) is 9.15. The fraction of sp³-hybridized carbons (Fsp3) is 0.500. The summed E-state index contributed by atoms with van der Waals surface area (Å²) in [7, 11) is 0. The number of hydrogen-bond acceptors (Lipinski definition) is 5. The maximum absolute atomic E-state index is 11.6. The molecule has 0 bridgehead atoms. The molecule has 0 unspecified atom stereocenters. The smallest absolute Gasteiger partial charge is 0.319 e. The summed E-state index contributed by atoms with van der Waals surface area (Å²) in [4.78, 5) is 19.6. The predicted molar refractivity (Wildman–Crippen MR) is 56.1 cm³/mol. The van der Waals surface area contributed by atoms with Gasteiger partial charge in [0.1, 0.15) is 11.2 Å². The van der Waals surface area contributed by atoms with Crippen molar-refractivity contribution < 1.29 is 9.53 Å². The first kappa shape index (κ1) is 11.4. The third kappa shape index (κ3) is 2.43. The van der Waals surface area contributed by atoms with Crippen LogP contribution in [0.3, 0.4) is 0 Å². The van der Waals surface area contributed by atoms with E-state index in [-0.39, 0.29) is 5.97 Å². The van der Waals surface area contributed by atoms with E-state index in [4.69, 9.17) is 10.5 Å². The lowest BCUT2D eigenvalue weighted by Crippen LogP contribution is -2.33. The minimum Gasteiger partial charge on any atom is -0.465 e. The van der Waals surface area contributed by atoms with Crippen LogP contribution in [0.4, 0.5) is 5.69 Å². The van der Waals surface area contributed by atoms with Gasteiger partial charge in [-0.25, -0.2) is 9.97 Å². The Bertz CT molecular complexity index is 346. The zero-order valence-corrected chi connectivity index (χ0v) is 9.15. The Morgan fingerprint density at radius 1 is 1.47 bits per heavy atom. The van der Waals surface area contributed by atoms with Gasteiger partial charge in [-0.05, 0) is 20.8 Å². The molecule has 5 heteroatoms. The molecule has 5 nitrogen and oxygen atoms in total. The van der Waals surface area contributed by atoms with Gasteiger partial charge in [0, 0.05) is 0 Å². The van der Waals surface area contributed by atoms with Gasteiger partial charge in [-0.1, -0.05) is 0 Å². The molecule has 0 amide bonds. The summed E-state index contributed by atoms with van der Waals surface area (Å²) in [5, 5.41) is 0. The number of aromatic nitrogens is 2. The van der Waals surface area contributed by atoms with E-state index >= 15 is 0 Å². The monoisotopic (exact) mass is 209 g/mol. The number of nitrogen functional groups attached to an aromatic ring is 1. The highest BCUT2D eigenvalue weighted by Crippen LogP contribution is 2.21. The molecule has 0 radical (unpaired) electrons. The van der Waals surface area contributed by atoms with Crippen LogP contribution in [0.1, 0.15) is 26.6 Å². The van der Waals surface area contributed by atoms with Crippen LogP contribution in [-0.2, 0) is 14.9 Å². The maximum Gasteiger partial charge on any atom is 0.319 e. The molecule has 82 valence electrons. The molecule has 2 N–H and O–H groups in total. The van der Waals surface area contributed by atoms with Gasteiger partial charge in [0.15, 0.2) is 0 Å². The molecule has 0 aliphatic heterocycles. The Hall–Kier alpha value is -1.65. The fourth-order valence-electron chi connectivity index (χ4n) is 1.06. The van der Waals surface area contributed by atoms with Gasteiger partial charge in [0.2, 0.25) is 0 Å². The first-order chi connectivity index (χ1) is 6.98. The number of carbonyl (C=O) groups is 1. The van der Waals surface area contributed by atoms with Gasteiger partial charge in [-0.2, -0.15) is 0 Å². The number of esters is 1. The normalized spacial score (nSPS) is 11.1. The van der Waals surface area contributed by atoms with E-state index in [1.807, 2.05) is 0 Å². The van der Waals surface area contributed by atoms with Gasteiger partial charge < -0.3 is 10.5 Å². The fourth-order valence-corrected chi connectivity index (χ4v) is 1.06. The second-order valence-electron chi connectivity index (χ2n) is 3.69. The highest BCUT2D eigenvalue weighted by molar-refractivity contribution is 5.81. The summed E-state index contributed by atoms with van der Waals surface area (Å²) in [5.41, 5.74) is 5.09. The maximum atomic E-state index is 11.6. The van der Waals surface area contributed by atoms with Crippen LogP contribution >= 0.6 is 0 Å². The van der Waals surface area contributed by atoms with E-state index < -0.39 is 5.41 Å². The summed E-state index contributed by atoms with van der Waals surface area (Å²) < 4.78 is 4.94. The Balaban J connectivity index is 2.94. The van der Waals surface area contributed by atoms with Crippen molar-refractivity contribution in [1.29, 1.82) is 0 Å². The van der Waals surface area contributed by atoms with Crippen molar-refractivity contribution in [1.82, 2.24) is 9.97 Å². The molecular formula is C10H15N3O2. The lowest BCUT2D eigenvalue weighted by Gasteiger charge is -2.20. The second-order valence-corrected chi connectivity index (χ2v) is 3.69. The molecule has 0 saturated heterocycles. The summed E-state index contributed by atoms with van der Waals surface area (Å²) in [6, 6.07) is 0. The summed E-state index contributed by atoms with van der Waals surface area (Å²) >= 11 is 0. The third-order valence-corrected chi connectivity index (χ3v) is 2.02. The lowest BCUT2D eigenvalue weighted by atomic mass is 9.92. The Labute approximate surface area is 88.7 Å². The second kappa shape index (κ2) is 4.25. The molecule has 0 atom stereocenters. The van der Waals surface area contributed by atoms with Crippen LogP contribution in [0.5, 0.6) is 0 Å². The quantitative estimate of drug-likeness (QED) is 0.748. The number of nitrogens with zero attached hydrogens (tertiary/aromatic N) is 2. The number of anilines is 1. The molecule has 1 heterocycles. The van der Waals surface area contributed by atoms with Crippen molar-refractivity contribution in [3.05, 3.63) is 18.2 Å². The lowest BCUT2D eigenvalue weighted by molar-refractivity contribution is -0.149. The van der Waals surface area contributed by atoms with Crippen LogP contribution in [0, 0.1) is 0 Å². The summed E-state index contributed by atoms with van der Waals surface area (Å²) in [6.07, 6.45) is 2.95. The average Bonchev–Trinajstić information content (AvgIpc) is 2.18. The number of ether oxygens (including phenoxy) is 1. The van der Waals surface area contributed by atoms with E-state index in [1.54, 1.807) is 20.8 Å². The number of nitrogens with two attached hydrogens (primary N) is 1. The van der Waals surface area contributed by atoms with Gasteiger partial charge in [-0.15, -0.1) is 0 Å². The van der Waals surface area contributed by atoms with E-state index in [1.165, 1.54) is 12.4 Å². The molecule has 0 fully saturated rings. The Morgan fingerprint density at radius 3 is 2.47 bits per heavy atom. The van der Waals surface area contributed by atoms with Crippen LogP contribution in [-0.4, -0.2) is 22.5 Å². The van der Waals surface area contributed by atoms with Gasteiger partial charge in [-0.3, -0.25) is 4.79 Å². The van der Waals surface area contributed by atoms with Crippen molar-refractivity contribution in [2.45, 2.75) is 26.2 Å². The zero-order chi connectivity index (χ0) is 11.5. The molecule has 0 saturated carbocycles. The first-order valence-corrected chi connectivity index (χ1v) is 4.73. The summed E-state index contributed by atoms with van der Waals surface area (Å²) in [6.45, 7) is 5.54.